The fourth-order valence-electron chi connectivity index (χ4n) is 2.28. The second kappa shape index (κ2) is 5.84. The lowest BCUT2D eigenvalue weighted by atomic mass is 9.93. The molecule has 1 heterocycles. The van der Waals surface area contributed by atoms with Gasteiger partial charge in [0.15, 0.2) is 0 Å². The van der Waals surface area contributed by atoms with E-state index in [4.69, 9.17) is 0 Å². The van der Waals surface area contributed by atoms with Gasteiger partial charge in [0.1, 0.15) is 6.04 Å². The topological polar surface area (TPSA) is 78.5 Å². The first-order valence-electron chi connectivity index (χ1n) is 6.54. The summed E-state index contributed by atoms with van der Waals surface area (Å²) in [5.74, 6) is -0.295. The predicted molar refractivity (Wildman–Crippen MR) is 64.7 cm³/mol. The van der Waals surface area contributed by atoms with Gasteiger partial charge in [0.2, 0.25) is 6.41 Å². The number of hydrogen-bond donors (Lipinski definition) is 2. The van der Waals surface area contributed by atoms with E-state index in [-0.39, 0.29) is 18.0 Å². The Bertz CT molecular complexity index is 341. The van der Waals surface area contributed by atoms with Gasteiger partial charge in [-0.15, -0.1) is 0 Å². The highest BCUT2D eigenvalue weighted by atomic mass is 16.2. The normalized spacial score (nSPS) is 25.0. The molecule has 0 bridgehead atoms. The molecule has 6 nitrogen and oxygen atoms in total. The van der Waals surface area contributed by atoms with E-state index in [1.54, 1.807) is 0 Å². The van der Waals surface area contributed by atoms with Crippen molar-refractivity contribution >= 4 is 18.3 Å². The van der Waals surface area contributed by atoms with Crippen LogP contribution in [-0.4, -0.2) is 41.9 Å². The number of imide groups is 1. The van der Waals surface area contributed by atoms with Crippen molar-refractivity contribution < 1.29 is 14.4 Å². The highest BCUT2D eigenvalue weighted by molar-refractivity contribution is 5.98. The molecule has 1 atom stereocenters. The van der Waals surface area contributed by atoms with Crippen molar-refractivity contribution in [1.82, 2.24) is 15.5 Å². The maximum absolute atomic E-state index is 12.1. The minimum absolute atomic E-state index is 0.214. The Morgan fingerprint density at radius 2 is 2.00 bits per heavy atom. The number of rotatable bonds is 3. The smallest absolute Gasteiger partial charge is 0.324 e. The lowest BCUT2D eigenvalue weighted by molar-refractivity contribution is -0.131. The zero-order valence-corrected chi connectivity index (χ0v) is 10.4. The molecule has 0 aromatic heterocycles. The standard InChI is InChI=1S/C12H19N3O3/c16-8-13-10-6-1-2-7-15(11(10)17)12(18)14-9-4-3-5-9/h8-10H,1-7H2,(H,13,16)(H,14,18)/t10-/m0/s1. The van der Waals surface area contributed by atoms with Crippen LogP contribution in [0.15, 0.2) is 0 Å². The third kappa shape index (κ3) is 2.80. The molecule has 0 unspecified atom stereocenters. The van der Waals surface area contributed by atoms with Crippen LogP contribution in [0.3, 0.4) is 0 Å². The van der Waals surface area contributed by atoms with Gasteiger partial charge >= 0.3 is 6.03 Å². The van der Waals surface area contributed by atoms with Crippen LogP contribution in [-0.2, 0) is 9.59 Å². The quantitative estimate of drug-likeness (QED) is 0.713. The average Bonchev–Trinajstić information content (AvgIpc) is 2.48. The van der Waals surface area contributed by atoms with E-state index in [0.717, 1.165) is 32.1 Å². The predicted octanol–water partition coefficient (Wildman–Crippen LogP) is 0.376. The molecule has 2 aliphatic rings. The number of amides is 4. The molecule has 6 heteroatoms. The third-order valence-electron chi connectivity index (χ3n) is 3.64. The summed E-state index contributed by atoms with van der Waals surface area (Å²) in [6, 6.07) is -0.660. The Labute approximate surface area is 106 Å². The van der Waals surface area contributed by atoms with Crippen LogP contribution in [0.1, 0.15) is 38.5 Å². The van der Waals surface area contributed by atoms with Gasteiger partial charge in [-0.25, -0.2) is 4.79 Å². The molecule has 1 saturated carbocycles. The molecule has 0 spiro atoms. The van der Waals surface area contributed by atoms with Crippen LogP contribution < -0.4 is 10.6 Å². The van der Waals surface area contributed by atoms with Gasteiger partial charge in [0.25, 0.3) is 5.91 Å². The van der Waals surface area contributed by atoms with Crippen LogP contribution >= 0.6 is 0 Å². The summed E-state index contributed by atoms with van der Waals surface area (Å²) in [4.78, 5) is 35.8. The molecule has 1 saturated heterocycles. The number of urea groups is 1. The SMILES string of the molecule is O=CN[C@H]1CCCCN(C(=O)NC2CCC2)C1=O. The van der Waals surface area contributed by atoms with Gasteiger partial charge in [-0.05, 0) is 38.5 Å². The maximum Gasteiger partial charge on any atom is 0.324 e. The zero-order chi connectivity index (χ0) is 13.0. The fraction of sp³-hybridized carbons (Fsp3) is 0.750. The Kier molecular flexibility index (Phi) is 4.17. The van der Waals surface area contributed by atoms with E-state index in [1.165, 1.54) is 4.90 Å². The van der Waals surface area contributed by atoms with Crippen molar-refractivity contribution in [2.24, 2.45) is 0 Å². The van der Waals surface area contributed by atoms with Gasteiger partial charge in [0, 0.05) is 12.6 Å². The minimum atomic E-state index is -0.558. The van der Waals surface area contributed by atoms with Crippen molar-refractivity contribution in [3.8, 4) is 0 Å². The van der Waals surface area contributed by atoms with Gasteiger partial charge in [0.05, 0.1) is 0 Å². The molecule has 0 aromatic carbocycles. The summed E-state index contributed by atoms with van der Waals surface area (Å²) in [6.07, 6.45) is 5.87. The molecular weight excluding hydrogens is 234 g/mol. The summed E-state index contributed by atoms with van der Waals surface area (Å²) in [5.41, 5.74) is 0. The van der Waals surface area contributed by atoms with Gasteiger partial charge in [-0.2, -0.15) is 0 Å². The molecule has 2 N–H and O–H groups in total. The van der Waals surface area contributed by atoms with Crippen molar-refractivity contribution in [3.05, 3.63) is 0 Å². The highest BCUT2D eigenvalue weighted by Crippen LogP contribution is 2.19. The number of hydrogen-bond acceptors (Lipinski definition) is 3. The molecular formula is C12H19N3O3. The molecule has 0 aromatic rings. The van der Waals surface area contributed by atoms with Crippen molar-refractivity contribution in [3.63, 3.8) is 0 Å². The van der Waals surface area contributed by atoms with Gasteiger partial charge in [-0.1, -0.05) is 0 Å². The molecule has 100 valence electrons. The summed E-state index contributed by atoms with van der Waals surface area (Å²) in [7, 11) is 0. The molecule has 2 fully saturated rings. The van der Waals surface area contributed by atoms with E-state index in [1.807, 2.05) is 0 Å². The molecule has 18 heavy (non-hydrogen) atoms. The van der Waals surface area contributed by atoms with Crippen LogP contribution in [0.2, 0.25) is 0 Å². The number of nitrogens with zero attached hydrogens (tertiary/aromatic N) is 1. The molecule has 1 aliphatic carbocycles. The number of likely N-dealkylation sites (tertiary alicyclic amines) is 1. The van der Waals surface area contributed by atoms with E-state index >= 15 is 0 Å². The van der Waals surface area contributed by atoms with Gasteiger partial charge < -0.3 is 10.6 Å². The largest absolute Gasteiger partial charge is 0.347 e. The van der Waals surface area contributed by atoms with Crippen LogP contribution in [0, 0.1) is 0 Å². The lowest BCUT2D eigenvalue weighted by Crippen LogP contribution is -2.53. The molecule has 1 aliphatic heterocycles. The monoisotopic (exact) mass is 253 g/mol. The Hall–Kier alpha value is -1.59. The van der Waals surface area contributed by atoms with Crippen LogP contribution in [0.5, 0.6) is 0 Å². The minimum Gasteiger partial charge on any atom is -0.347 e. The fourth-order valence-corrected chi connectivity index (χ4v) is 2.28. The first-order chi connectivity index (χ1) is 8.72. The highest BCUT2D eigenvalue weighted by Gasteiger charge is 2.32. The second-order valence-corrected chi connectivity index (χ2v) is 4.90. The summed E-state index contributed by atoms with van der Waals surface area (Å²) < 4.78 is 0. The first kappa shape index (κ1) is 12.9. The zero-order valence-electron chi connectivity index (χ0n) is 10.4. The van der Waals surface area contributed by atoms with Gasteiger partial charge in [-0.3, -0.25) is 14.5 Å². The average molecular weight is 253 g/mol. The summed E-state index contributed by atoms with van der Waals surface area (Å²) in [6.45, 7) is 0.439. The van der Waals surface area contributed by atoms with E-state index < -0.39 is 6.04 Å². The molecule has 4 amide bonds. The lowest BCUT2D eigenvalue weighted by Gasteiger charge is -2.30. The van der Waals surface area contributed by atoms with Crippen molar-refractivity contribution in [2.45, 2.75) is 50.6 Å². The Morgan fingerprint density at radius 3 is 2.61 bits per heavy atom. The van der Waals surface area contributed by atoms with E-state index in [9.17, 15) is 14.4 Å². The summed E-state index contributed by atoms with van der Waals surface area (Å²) in [5, 5.41) is 5.35. The van der Waals surface area contributed by atoms with E-state index in [2.05, 4.69) is 10.6 Å². The molecule has 2 rings (SSSR count). The van der Waals surface area contributed by atoms with Crippen LogP contribution in [0.25, 0.3) is 0 Å². The Balaban J connectivity index is 1.97. The first-order valence-corrected chi connectivity index (χ1v) is 6.54. The third-order valence-corrected chi connectivity index (χ3v) is 3.64. The van der Waals surface area contributed by atoms with E-state index in [0.29, 0.717) is 19.4 Å². The van der Waals surface area contributed by atoms with Crippen molar-refractivity contribution in [2.75, 3.05) is 6.54 Å². The summed E-state index contributed by atoms with van der Waals surface area (Å²) >= 11 is 0. The van der Waals surface area contributed by atoms with Crippen molar-refractivity contribution in [1.29, 1.82) is 0 Å². The number of carbonyl (C=O) groups is 3. The molecule has 0 radical (unpaired) electrons. The number of carbonyl (C=O) groups excluding carboxylic acids is 3. The van der Waals surface area contributed by atoms with Crippen LogP contribution in [0.4, 0.5) is 4.79 Å². The number of nitrogens with one attached hydrogen (secondary N) is 2. The second-order valence-electron chi connectivity index (χ2n) is 4.90. The maximum atomic E-state index is 12.1. The Morgan fingerprint density at radius 1 is 1.22 bits per heavy atom.